The molecule has 0 aliphatic carbocycles. The minimum atomic E-state index is 0.546. The second-order valence-electron chi connectivity index (χ2n) is 4.54. The van der Waals surface area contributed by atoms with E-state index in [0.717, 1.165) is 22.7 Å². The Morgan fingerprint density at radius 1 is 1.10 bits per heavy atom. The summed E-state index contributed by atoms with van der Waals surface area (Å²) < 4.78 is 7.02. The maximum Gasteiger partial charge on any atom is 0.144 e. The molecule has 0 fully saturated rings. The van der Waals surface area contributed by atoms with Crippen molar-refractivity contribution >= 4 is 17.4 Å². The van der Waals surface area contributed by atoms with Crippen LogP contribution in [0, 0.1) is 0 Å². The smallest absolute Gasteiger partial charge is 0.144 e. The van der Waals surface area contributed by atoms with Gasteiger partial charge in [-0.25, -0.2) is 4.68 Å². The van der Waals surface area contributed by atoms with E-state index in [-0.39, 0.29) is 0 Å². The maximum atomic E-state index is 6.08. The van der Waals surface area contributed by atoms with Crippen LogP contribution >= 0.6 is 11.6 Å². The maximum absolute atomic E-state index is 6.08. The molecule has 0 saturated heterocycles. The summed E-state index contributed by atoms with van der Waals surface area (Å²) in [6.07, 6.45) is 0. The van der Waals surface area contributed by atoms with Crippen molar-refractivity contribution in [3.63, 3.8) is 0 Å². The summed E-state index contributed by atoms with van der Waals surface area (Å²) in [5.41, 5.74) is 8.63. The number of aromatic nitrogens is 2. The lowest BCUT2D eigenvalue weighted by Gasteiger charge is -2.09. The summed E-state index contributed by atoms with van der Waals surface area (Å²) in [4.78, 5) is 0. The van der Waals surface area contributed by atoms with Crippen molar-refractivity contribution in [3.05, 3.63) is 59.6 Å². The third kappa shape index (κ3) is 2.58. The Bertz CT molecular complexity index is 765. The van der Waals surface area contributed by atoms with Crippen LogP contribution in [0.3, 0.4) is 0 Å². The van der Waals surface area contributed by atoms with Crippen LogP contribution in [-0.2, 0) is 0 Å². The number of hydrogen-bond donors (Lipinski definition) is 1. The third-order valence-electron chi connectivity index (χ3n) is 3.19. The lowest BCUT2D eigenvalue weighted by molar-refractivity contribution is 0.412. The number of methoxy groups -OCH3 is 1. The zero-order valence-electron chi connectivity index (χ0n) is 11.5. The number of halogens is 1. The molecule has 0 aliphatic heterocycles. The lowest BCUT2D eigenvalue weighted by atomic mass is 10.1. The number of benzene rings is 2. The van der Waals surface area contributed by atoms with Crippen molar-refractivity contribution in [2.24, 2.45) is 0 Å². The number of nitrogens with zero attached hydrogens (tertiary/aromatic N) is 2. The van der Waals surface area contributed by atoms with Gasteiger partial charge in [0.05, 0.1) is 12.8 Å². The van der Waals surface area contributed by atoms with E-state index in [1.165, 1.54) is 0 Å². The summed E-state index contributed by atoms with van der Waals surface area (Å²) in [6, 6.07) is 16.9. The number of hydrogen-bond acceptors (Lipinski definition) is 3. The molecule has 4 nitrogen and oxygen atoms in total. The van der Waals surface area contributed by atoms with Gasteiger partial charge in [0.2, 0.25) is 0 Å². The molecular weight excluding hydrogens is 286 g/mol. The number of para-hydroxylation sites is 2. The highest BCUT2D eigenvalue weighted by Gasteiger charge is 2.12. The highest BCUT2D eigenvalue weighted by atomic mass is 35.5. The van der Waals surface area contributed by atoms with Crippen LogP contribution in [0.5, 0.6) is 5.75 Å². The molecule has 1 heterocycles. The SMILES string of the molecule is COc1ccccc1-n1nc(-c2ccc(Cl)cc2)cc1N. The average Bonchev–Trinajstić information content (AvgIpc) is 2.89. The molecule has 3 aromatic rings. The predicted molar refractivity (Wildman–Crippen MR) is 85.0 cm³/mol. The van der Waals surface area contributed by atoms with Gasteiger partial charge in [0, 0.05) is 16.7 Å². The number of nitrogens with two attached hydrogens (primary N) is 1. The Morgan fingerprint density at radius 2 is 1.81 bits per heavy atom. The van der Waals surface area contributed by atoms with E-state index in [1.54, 1.807) is 11.8 Å². The van der Waals surface area contributed by atoms with Gasteiger partial charge >= 0.3 is 0 Å². The van der Waals surface area contributed by atoms with E-state index in [2.05, 4.69) is 5.10 Å². The molecule has 0 radical (unpaired) electrons. The van der Waals surface area contributed by atoms with Crippen molar-refractivity contribution in [1.29, 1.82) is 0 Å². The summed E-state index contributed by atoms with van der Waals surface area (Å²) in [5.74, 6) is 1.26. The number of anilines is 1. The van der Waals surface area contributed by atoms with Crippen molar-refractivity contribution in [2.75, 3.05) is 12.8 Å². The molecule has 3 rings (SSSR count). The molecule has 0 spiro atoms. The molecule has 0 amide bonds. The predicted octanol–water partition coefficient (Wildman–Crippen LogP) is 3.78. The number of nitrogen functional groups attached to an aromatic ring is 1. The molecule has 2 aromatic carbocycles. The zero-order chi connectivity index (χ0) is 14.8. The van der Waals surface area contributed by atoms with Gasteiger partial charge < -0.3 is 10.5 Å². The van der Waals surface area contributed by atoms with Crippen LogP contribution in [0.15, 0.2) is 54.6 Å². The van der Waals surface area contributed by atoms with Gasteiger partial charge in [-0.2, -0.15) is 5.10 Å². The first-order valence-corrected chi connectivity index (χ1v) is 6.81. The van der Waals surface area contributed by atoms with Crippen LogP contribution in [0.25, 0.3) is 16.9 Å². The fourth-order valence-corrected chi connectivity index (χ4v) is 2.28. The summed E-state index contributed by atoms with van der Waals surface area (Å²) in [6.45, 7) is 0. The van der Waals surface area contributed by atoms with E-state index >= 15 is 0 Å². The molecule has 0 saturated carbocycles. The first kappa shape index (κ1) is 13.5. The van der Waals surface area contributed by atoms with E-state index < -0.39 is 0 Å². The molecular formula is C16H14ClN3O. The van der Waals surface area contributed by atoms with E-state index in [1.807, 2.05) is 54.6 Å². The molecule has 0 atom stereocenters. The van der Waals surface area contributed by atoms with Crippen LogP contribution in [0.2, 0.25) is 5.02 Å². The minimum absolute atomic E-state index is 0.546. The Labute approximate surface area is 127 Å². The summed E-state index contributed by atoms with van der Waals surface area (Å²) in [5, 5.41) is 5.25. The van der Waals surface area contributed by atoms with Crippen molar-refractivity contribution < 1.29 is 4.74 Å². The van der Waals surface area contributed by atoms with Gasteiger partial charge in [0.15, 0.2) is 0 Å². The Balaban J connectivity index is 2.07. The van der Waals surface area contributed by atoms with Crippen LogP contribution < -0.4 is 10.5 Å². The van der Waals surface area contributed by atoms with Crippen molar-refractivity contribution in [1.82, 2.24) is 9.78 Å². The van der Waals surface area contributed by atoms with Crippen molar-refractivity contribution in [3.8, 4) is 22.7 Å². The lowest BCUT2D eigenvalue weighted by Crippen LogP contribution is -2.03. The summed E-state index contributed by atoms with van der Waals surface area (Å²) >= 11 is 5.90. The fraction of sp³-hybridized carbons (Fsp3) is 0.0625. The van der Waals surface area contributed by atoms with E-state index in [9.17, 15) is 0 Å². The Hall–Kier alpha value is -2.46. The fourth-order valence-electron chi connectivity index (χ4n) is 2.15. The van der Waals surface area contributed by atoms with E-state index in [4.69, 9.17) is 22.1 Å². The zero-order valence-corrected chi connectivity index (χ0v) is 12.2. The van der Waals surface area contributed by atoms with Crippen LogP contribution in [0.1, 0.15) is 0 Å². The largest absolute Gasteiger partial charge is 0.494 e. The third-order valence-corrected chi connectivity index (χ3v) is 3.44. The minimum Gasteiger partial charge on any atom is -0.494 e. The number of ether oxygens (including phenoxy) is 1. The highest BCUT2D eigenvalue weighted by Crippen LogP contribution is 2.28. The van der Waals surface area contributed by atoms with Gasteiger partial charge in [-0.1, -0.05) is 35.9 Å². The second kappa shape index (κ2) is 5.50. The standard InChI is InChI=1S/C16H14ClN3O/c1-21-15-5-3-2-4-14(15)20-16(18)10-13(19-20)11-6-8-12(17)9-7-11/h2-10H,18H2,1H3. The normalized spacial score (nSPS) is 10.6. The highest BCUT2D eigenvalue weighted by molar-refractivity contribution is 6.30. The molecule has 106 valence electrons. The van der Waals surface area contributed by atoms with Gasteiger partial charge in [-0.3, -0.25) is 0 Å². The Kier molecular flexibility index (Phi) is 3.54. The first-order chi connectivity index (χ1) is 10.2. The van der Waals surface area contributed by atoms with Gasteiger partial charge in [0.25, 0.3) is 0 Å². The summed E-state index contributed by atoms with van der Waals surface area (Å²) in [7, 11) is 1.62. The van der Waals surface area contributed by atoms with Gasteiger partial charge in [-0.15, -0.1) is 0 Å². The molecule has 0 unspecified atom stereocenters. The quantitative estimate of drug-likeness (QED) is 0.800. The molecule has 0 aliphatic rings. The first-order valence-electron chi connectivity index (χ1n) is 6.44. The topological polar surface area (TPSA) is 53.1 Å². The van der Waals surface area contributed by atoms with Crippen molar-refractivity contribution in [2.45, 2.75) is 0 Å². The monoisotopic (exact) mass is 299 g/mol. The van der Waals surface area contributed by atoms with Gasteiger partial charge in [-0.05, 0) is 24.3 Å². The van der Waals surface area contributed by atoms with Gasteiger partial charge in [0.1, 0.15) is 17.3 Å². The molecule has 0 bridgehead atoms. The average molecular weight is 300 g/mol. The second-order valence-corrected chi connectivity index (χ2v) is 4.98. The molecule has 5 heteroatoms. The molecule has 2 N–H and O–H groups in total. The molecule has 21 heavy (non-hydrogen) atoms. The number of rotatable bonds is 3. The molecule has 1 aromatic heterocycles. The van der Waals surface area contributed by atoms with E-state index in [0.29, 0.717) is 10.8 Å². The van der Waals surface area contributed by atoms with Crippen LogP contribution in [-0.4, -0.2) is 16.9 Å². The Morgan fingerprint density at radius 3 is 2.52 bits per heavy atom. The van der Waals surface area contributed by atoms with Crippen LogP contribution in [0.4, 0.5) is 5.82 Å².